The summed E-state index contributed by atoms with van der Waals surface area (Å²) in [6.07, 6.45) is 0.336. The number of oxime groups is 2. The molecule has 0 aliphatic heterocycles. The van der Waals surface area contributed by atoms with Crippen LogP contribution >= 0.6 is 11.8 Å². The number of hydrogen-bond acceptors (Lipinski definition) is 9. The molecule has 244 valence electrons. The van der Waals surface area contributed by atoms with Crippen molar-refractivity contribution in [3.8, 4) is 11.5 Å². The lowest BCUT2D eigenvalue weighted by molar-refractivity contribution is -0.115. The van der Waals surface area contributed by atoms with Crippen LogP contribution in [0.4, 0.5) is 0 Å². The van der Waals surface area contributed by atoms with Crippen LogP contribution in [0.15, 0.2) is 120 Å². The lowest BCUT2D eigenvalue weighted by Crippen LogP contribution is -2.35. The minimum absolute atomic E-state index is 0.00499. The molecule has 11 heteroatoms. The first-order valence-electron chi connectivity index (χ1n) is 15.1. The Kier molecular flexibility index (Phi) is 14.2. The van der Waals surface area contributed by atoms with Crippen LogP contribution in [0.1, 0.15) is 22.3 Å². The lowest BCUT2D eigenvalue weighted by Gasteiger charge is -2.10. The molecule has 10 nitrogen and oxygen atoms in total. The molecule has 4 aromatic rings. The van der Waals surface area contributed by atoms with E-state index in [9.17, 15) is 20.0 Å². The van der Waals surface area contributed by atoms with Gasteiger partial charge in [-0.2, -0.15) is 11.8 Å². The quantitative estimate of drug-likeness (QED) is 0.0497. The van der Waals surface area contributed by atoms with Gasteiger partial charge in [-0.15, -0.1) is 0 Å². The molecule has 0 saturated carbocycles. The Morgan fingerprint density at radius 2 is 0.936 bits per heavy atom. The highest BCUT2D eigenvalue weighted by molar-refractivity contribution is 7.99. The number of carbonyl (C=O) groups is 2. The van der Waals surface area contributed by atoms with Crippen LogP contribution in [0.3, 0.4) is 0 Å². The Morgan fingerprint density at radius 3 is 1.30 bits per heavy atom. The molecule has 0 aromatic heterocycles. The van der Waals surface area contributed by atoms with Gasteiger partial charge in [-0.1, -0.05) is 95.2 Å². The maximum atomic E-state index is 12.5. The molecule has 0 fully saturated rings. The molecular formula is C36H38N4O6S. The largest absolute Gasteiger partial charge is 0.489 e. The van der Waals surface area contributed by atoms with Gasteiger partial charge in [0.05, 0.1) is 0 Å². The summed E-state index contributed by atoms with van der Waals surface area (Å²) in [5, 5.41) is 30.7. The summed E-state index contributed by atoms with van der Waals surface area (Å²) >= 11 is 1.53. The van der Waals surface area contributed by atoms with Crippen molar-refractivity contribution in [3.63, 3.8) is 0 Å². The standard InChI is InChI=1S/C36H38N4O6S/c41-35(33(39-43)23-27-11-15-31(16-12-27)45-25-29-7-3-1-4-8-29)37-19-21-47-22-20-38-36(42)34(40-44)24-28-13-17-32(18-14-28)46-26-30-9-5-2-6-10-30/h1-18,43-44H,19-26H2,(H,37,41)(H,38,42)/b39-33-,40-34-. The number of hydrogen-bond donors (Lipinski definition) is 4. The normalized spacial score (nSPS) is 11.5. The molecule has 0 spiro atoms. The molecule has 0 unspecified atom stereocenters. The number of ether oxygens (including phenoxy) is 2. The molecule has 0 aliphatic rings. The van der Waals surface area contributed by atoms with E-state index in [1.165, 1.54) is 11.8 Å². The van der Waals surface area contributed by atoms with Gasteiger partial charge in [0.15, 0.2) is 0 Å². The predicted octanol–water partition coefficient (Wildman–Crippen LogP) is 5.26. The fraction of sp³-hybridized carbons (Fsp3) is 0.222. The number of thioether (sulfide) groups is 1. The molecule has 0 heterocycles. The minimum atomic E-state index is -0.453. The Morgan fingerprint density at radius 1 is 0.553 bits per heavy atom. The van der Waals surface area contributed by atoms with E-state index in [-0.39, 0.29) is 24.3 Å². The summed E-state index contributed by atoms with van der Waals surface area (Å²) in [5.41, 5.74) is 3.75. The average Bonchev–Trinajstić information content (AvgIpc) is 3.12. The fourth-order valence-electron chi connectivity index (χ4n) is 4.38. The molecule has 4 aromatic carbocycles. The number of amides is 2. The van der Waals surface area contributed by atoms with E-state index >= 15 is 0 Å². The van der Waals surface area contributed by atoms with E-state index in [0.29, 0.717) is 49.3 Å². The molecule has 0 radical (unpaired) electrons. The van der Waals surface area contributed by atoms with Crippen LogP contribution in [-0.2, 0) is 35.6 Å². The summed E-state index contributed by atoms with van der Waals surface area (Å²) in [7, 11) is 0. The average molecular weight is 655 g/mol. The van der Waals surface area contributed by atoms with Crippen molar-refractivity contribution < 1.29 is 29.5 Å². The van der Waals surface area contributed by atoms with E-state index < -0.39 is 11.8 Å². The number of nitrogens with zero attached hydrogens (tertiary/aromatic N) is 2. The molecule has 0 saturated heterocycles. The van der Waals surface area contributed by atoms with Gasteiger partial charge in [0, 0.05) is 37.4 Å². The third kappa shape index (κ3) is 12.2. The van der Waals surface area contributed by atoms with Gasteiger partial charge in [0.25, 0.3) is 11.8 Å². The van der Waals surface area contributed by atoms with E-state index in [0.717, 1.165) is 22.3 Å². The third-order valence-electron chi connectivity index (χ3n) is 6.92. The van der Waals surface area contributed by atoms with Gasteiger partial charge < -0.3 is 30.5 Å². The van der Waals surface area contributed by atoms with Gasteiger partial charge in [0.1, 0.15) is 36.1 Å². The molecule has 47 heavy (non-hydrogen) atoms. The first kappa shape index (κ1) is 34.6. The summed E-state index contributed by atoms with van der Waals surface area (Å²) < 4.78 is 11.6. The number of benzene rings is 4. The van der Waals surface area contributed by atoms with Crippen LogP contribution < -0.4 is 20.1 Å². The zero-order chi connectivity index (χ0) is 33.1. The Balaban J connectivity index is 1.08. The van der Waals surface area contributed by atoms with Crippen molar-refractivity contribution in [2.75, 3.05) is 24.6 Å². The second-order valence-corrected chi connectivity index (χ2v) is 11.6. The minimum Gasteiger partial charge on any atom is -0.489 e. The second-order valence-electron chi connectivity index (χ2n) is 10.4. The zero-order valence-corrected chi connectivity index (χ0v) is 26.7. The van der Waals surface area contributed by atoms with Gasteiger partial charge in [-0.05, 0) is 46.5 Å². The van der Waals surface area contributed by atoms with Gasteiger partial charge >= 0.3 is 0 Å². The second kappa shape index (κ2) is 19.3. The monoisotopic (exact) mass is 654 g/mol. The summed E-state index contributed by atoms with van der Waals surface area (Å²) in [5.74, 6) is 1.68. The van der Waals surface area contributed by atoms with Gasteiger partial charge in [-0.25, -0.2) is 0 Å². The molecule has 2 amide bonds. The first-order valence-corrected chi connectivity index (χ1v) is 16.3. The van der Waals surface area contributed by atoms with Crippen molar-refractivity contribution in [1.82, 2.24) is 10.6 Å². The van der Waals surface area contributed by atoms with E-state index in [2.05, 4.69) is 20.9 Å². The molecule has 4 N–H and O–H groups in total. The Bertz CT molecular complexity index is 1480. The van der Waals surface area contributed by atoms with Crippen LogP contribution in [0, 0.1) is 0 Å². The smallest absolute Gasteiger partial charge is 0.269 e. The Hall–Kier alpha value is -5.29. The summed E-state index contributed by atoms with van der Waals surface area (Å²) in [6.45, 7) is 1.63. The molecule has 0 aliphatic carbocycles. The summed E-state index contributed by atoms with van der Waals surface area (Å²) in [6, 6.07) is 34.3. The van der Waals surface area contributed by atoms with E-state index in [4.69, 9.17) is 9.47 Å². The van der Waals surface area contributed by atoms with Crippen molar-refractivity contribution in [3.05, 3.63) is 131 Å². The Labute approximate surface area is 278 Å². The van der Waals surface area contributed by atoms with E-state index in [1.807, 2.05) is 109 Å². The highest BCUT2D eigenvalue weighted by Gasteiger charge is 2.14. The maximum Gasteiger partial charge on any atom is 0.269 e. The zero-order valence-electron chi connectivity index (χ0n) is 25.9. The van der Waals surface area contributed by atoms with Crippen LogP contribution in [0.2, 0.25) is 0 Å². The van der Waals surface area contributed by atoms with Gasteiger partial charge in [0.2, 0.25) is 0 Å². The number of carbonyl (C=O) groups excluding carboxylic acids is 2. The van der Waals surface area contributed by atoms with Crippen molar-refractivity contribution in [2.24, 2.45) is 10.3 Å². The third-order valence-corrected chi connectivity index (χ3v) is 7.90. The predicted molar refractivity (Wildman–Crippen MR) is 184 cm³/mol. The van der Waals surface area contributed by atoms with Crippen molar-refractivity contribution >= 4 is 35.0 Å². The van der Waals surface area contributed by atoms with E-state index in [1.54, 1.807) is 0 Å². The van der Waals surface area contributed by atoms with Gasteiger partial charge in [-0.3, -0.25) is 9.59 Å². The first-order chi connectivity index (χ1) is 23.0. The molecule has 0 bridgehead atoms. The van der Waals surface area contributed by atoms with Crippen molar-refractivity contribution in [1.29, 1.82) is 0 Å². The molecule has 0 atom stereocenters. The van der Waals surface area contributed by atoms with Crippen LogP contribution in [0.25, 0.3) is 0 Å². The van der Waals surface area contributed by atoms with Crippen LogP contribution in [0.5, 0.6) is 11.5 Å². The highest BCUT2D eigenvalue weighted by Crippen LogP contribution is 2.16. The number of nitrogens with one attached hydrogen (secondary N) is 2. The fourth-order valence-corrected chi connectivity index (χ4v) is 5.07. The van der Waals surface area contributed by atoms with Crippen LogP contribution in [-0.4, -0.2) is 58.2 Å². The summed E-state index contributed by atoms with van der Waals surface area (Å²) in [4.78, 5) is 25.0. The SMILES string of the molecule is O=C(NCCSCCNC(=O)/C(Cc1ccc(OCc2ccccc2)cc1)=N\O)/C(Cc1ccc(OCc2ccccc2)cc1)=N\O. The lowest BCUT2D eigenvalue weighted by atomic mass is 10.1. The maximum absolute atomic E-state index is 12.5. The molecular weight excluding hydrogens is 616 g/mol. The number of rotatable bonds is 18. The van der Waals surface area contributed by atoms with Crippen molar-refractivity contribution in [2.45, 2.75) is 26.1 Å². The topological polar surface area (TPSA) is 142 Å². The molecule has 4 rings (SSSR count). The highest BCUT2D eigenvalue weighted by atomic mass is 32.2.